The average Bonchev–Trinajstić information content (AvgIpc) is 2.91. The molecule has 0 radical (unpaired) electrons. The van der Waals surface area contributed by atoms with Gasteiger partial charge < -0.3 is 23.7 Å². The summed E-state index contributed by atoms with van der Waals surface area (Å²) >= 11 is 0. The highest BCUT2D eigenvalue weighted by Gasteiger charge is 2.22. The summed E-state index contributed by atoms with van der Waals surface area (Å²) in [5.41, 5.74) is 2.24. The van der Waals surface area contributed by atoms with Crippen LogP contribution < -0.4 is 9.47 Å². The van der Waals surface area contributed by atoms with Crippen LogP contribution in [0.1, 0.15) is 57.9 Å². The first-order chi connectivity index (χ1) is 18.4. The molecule has 0 aromatic heterocycles. The number of rotatable bonds is 15. The summed E-state index contributed by atoms with van der Waals surface area (Å²) in [5.74, 6) is -0.326. The van der Waals surface area contributed by atoms with Crippen LogP contribution in [0.25, 0.3) is 11.1 Å². The van der Waals surface area contributed by atoms with E-state index in [1.54, 1.807) is 37.3 Å². The second-order valence-electron chi connectivity index (χ2n) is 9.49. The zero-order valence-corrected chi connectivity index (χ0v) is 22.3. The molecule has 1 aliphatic rings. The van der Waals surface area contributed by atoms with Crippen molar-refractivity contribution in [2.45, 2.75) is 59.0 Å². The molecule has 2 aromatic rings. The molecule has 1 saturated heterocycles. The van der Waals surface area contributed by atoms with E-state index in [2.05, 4.69) is 13.5 Å². The predicted octanol–water partition coefficient (Wildman–Crippen LogP) is 7.01. The number of cyclic esters (lactones) is 2. The summed E-state index contributed by atoms with van der Waals surface area (Å²) in [6, 6.07) is 10.1. The molecule has 0 N–H and O–H groups in total. The van der Waals surface area contributed by atoms with Crippen molar-refractivity contribution in [1.29, 1.82) is 0 Å². The lowest BCUT2D eigenvalue weighted by atomic mass is 9.99. The number of ether oxygens (including phenoxy) is 5. The molecule has 1 aliphatic heterocycles. The molecule has 1 fully saturated rings. The lowest BCUT2D eigenvalue weighted by molar-refractivity contribution is -0.140. The number of benzene rings is 2. The minimum atomic E-state index is -0.682. The van der Waals surface area contributed by atoms with Crippen molar-refractivity contribution in [3.05, 3.63) is 59.9 Å². The maximum atomic E-state index is 14.9. The van der Waals surface area contributed by atoms with Gasteiger partial charge >= 0.3 is 12.1 Å². The van der Waals surface area contributed by atoms with Gasteiger partial charge in [0.2, 0.25) is 0 Å². The predicted molar refractivity (Wildman–Crippen MR) is 142 cm³/mol. The van der Waals surface area contributed by atoms with E-state index in [9.17, 15) is 14.0 Å². The lowest BCUT2D eigenvalue weighted by Crippen LogP contribution is -2.31. The summed E-state index contributed by atoms with van der Waals surface area (Å²) in [5, 5.41) is 0. The van der Waals surface area contributed by atoms with Crippen LogP contribution in [-0.2, 0) is 25.6 Å². The highest BCUT2D eigenvalue weighted by atomic mass is 19.1. The summed E-state index contributed by atoms with van der Waals surface area (Å²) in [6.45, 7) is 8.50. The van der Waals surface area contributed by atoms with Gasteiger partial charge in [0.15, 0.2) is 11.6 Å². The highest BCUT2D eigenvalue weighted by molar-refractivity contribution is 5.87. The smallest absolute Gasteiger partial charge is 0.493 e. The number of unbranched alkanes of at least 4 members (excludes halogenated alkanes) is 5. The fourth-order valence-electron chi connectivity index (χ4n) is 3.95. The molecule has 0 unspecified atom stereocenters. The van der Waals surface area contributed by atoms with Crippen LogP contribution in [0.2, 0.25) is 0 Å². The maximum absolute atomic E-state index is 14.9. The van der Waals surface area contributed by atoms with E-state index in [4.69, 9.17) is 23.7 Å². The van der Waals surface area contributed by atoms with Crippen molar-refractivity contribution in [3.63, 3.8) is 0 Å². The first-order valence-electron chi connectivity index (χ1n) is 13.2. The van der Waals surface area contributed by atoms with Crippen LogP contribution in [0.5, 0.6) is 11.5 Å². The largest absolute Gasteiger partial charge is 0.508 e. The Balaban J connectivity index is 1.68. The molecule has 2 aromatic carbocycles. The van der Waals surface area contributed by atoms with Crippen LogP contribution in [0.4, 0.5) is 9.18 Å². The highest BCUT2D eigenvalue weighted by Crippen LogP contribution is 2.31. The molecule has 8 heteroatoms. The van der Waals surface area contributed by atoms with Crippen molar-refractivity contribution in [1.82, 2.24) is 0 Å². The van der Waals surface area contributed by atoms with Crippen molar-refractivity contribution in [2.75, 3.05) is 26.4 Å². The molecule has 3 rings (SSSR count). The molecule has 0 spiro atoms. The molecule has 0 aliphatic carbocycles. The summed E-state index contributed by atoms with van der Waals surface area (Å²) in [7, 11) is 0. The SMILES string of the molecule is C=C(C)C(=O)OCc1cc(OCC2COC(=O)OC2)ccc1-c1ccc(OCCCCCCCC)c(F)c1. The van der Waals surface area contributed by atoms with Gasteiger partial charge in [0.1, 0.15) is 25.6 Å². The van der Waals surface area contributed by atoms with Crippen molar-refractivity contribution in [2.24, 2.45) is 5.92 Å². The molecule has 0 saturated carbocycles. The number of hydrogen-bond acceptors (Lipinski definition) is 7. The quantitative estimate of drug-likeness (QED) is 0.140. The number of halogens is 1. The Hall–Kier alpha value is -3.55. The average molecular weight is 529 g/mol. The number of hydrogen-bond donors (Lipinski definition) is 0. The topological polar surface area (TPSA) is 80.3 Å². The lowest BCUT2D eigenvalue weighted by Gasteiger charge is -2.22. The van der Waals surface area contributed by atoms with E-state index in [-0.39, 0.29) is 43.7 Å². The monoisotopic (exact) mass is 528 g/mol. The Morgan fingerprint density at radius 3 is 2.47 bits per heavy atom. The minimum Gasteiger partial charge on any atom is -0.493 e. The molecule has 206 valence electrons. The maximum Gasteiger partial charge on any atom is 0.508 e. The van der Waals surface area contributed by atoms with Gasteiger partial charge in [0, 0.05) is 11.1 Å². The van der Waals surface area contributed by atoms with Crippen LogP contribution in [-0.4, -0.2) is 38.6 Å². The summed E-state index contributed by atoms with van der Waals surface area (Å²) in [4.78, 5) is 23.1. The van der Waals surface area contributed by atoms with E-state index in [0.29, 0.717) is 29.0 Å². The Morgan fingerprint density at radius 2 is 1.76 bits per heavy atom. The van der Waals surface area contributed by atoms with Crippen molar-refractivity contribution < 1.29 is 37.7 Å². The van der Waals surface area contributed by atoms with Gasteiger partial charge in [0.05, 0.1) is 19.1 Å². The number of carbonyl (C=O) groups excluding carboxylic acids is 2. The molecule has 38 heavy (non-hydrogen) atoms. The van der Waals surface area contributed by atoms with Gasteiger partial charge in [-0.15, -0.1) is 0 Å². The van der Waals surface area contributed by atoms with Gasteiger partial charge in [-0.25, -0.2) is 14.0 Å². The Labute approximate surface area is 223 Å². The third-order valence-corrected chi connectivity index (χ3v) is 6.14. The van der Waals surface area contributed by atoms with Crippen molar-refractivity contribution in [3.8, 4) is 22.6 Å². The fraction of sp³-hybridized carbons (Fsp3) is 0.467. The Kier molecular flexibility index (Phi) is 11.5. The van der Waals surface area contributed by atoms with Crippen LogP contribution in [0.3, 0.4) is 0 Å². The molecule has 0 bridgehead atoms. The van der Waals surface area contributed by atoms with E-state index in [1.807, 2.05) is 0 Å². The van der Waals surface area contributed by atoms with Gasteiger partial charge in [-0.05, 0) is 48.7 Å². The molecule has 7 nitrogen and oxygen atoms in total. The summed E-state index contributed by atoms with van der Waals surface area (Å²) in [6.07, 6.45) is 6.11. The Bertz CT molecular complexity index is 1090. The summed E-state index contributed by atoms with van der Waals surface area (Å²) < 4.78 is 41.6. The zero-order chi connectivity index (χ0) is 27.3. The van der Waals surface area contributed by atoms with E-state index < -0.39 is 17.9 Å². The Morgan fingerprint density at radius 1 is 1.03 bits per heavy atom. The second-order valence-corrected chi connectivity index (χ2v) is 9.49. The minimum absolute atomic E-state index is 0.0414. The number of esters is 1. The first kappa shape index (κ1) is 29.0. The van der Waals surface area contributed by atoms with Gasteiger partial charge in [-0.1, -0.05) is 57.7 Å². The fourth-order valence-corrected chi connectivity index (χ4v) is 3.95. The number of carbonyl (C=O) groups is 2. The van der Waals surface area contributed by atoms with Gasteiger partial charge in [-0.2, -0.15) is 0 Å². The van der Waals surface area contributed by atoms with E-state index in [0.717, 1.165) is 12.8 Å². The van der Waals surface area contributed by atoms with Crippen LogP contribution in [0.15, 0.2) is 48.6 Å². The third kappa shape index (κ3) is 9.08. The second kappa shape index (κ2) is 15.0. The third-order valence-electron chi connectivity index (χ3n) is 6.14. The van der Waals surface area contributed by atoms with E-state index in [1.165, 1.54) is 31.7 Å². The standard InChI is InChI=1S/C30H37FO7/c1-4-5-6-7-8-9-14-34-28-13-10-23(16-27(28)31)26-12-11-25(15-24(26)20-36-29(32)21(2)3)35-17-22-18-37-30(33)38-19-22/h10-13,15-16,22H,2,4-9,14,17-20H2,1,3H3. The van der Waals surface area contributed by atoms with E-state index >= 15 is 0 Å². The first-order valence-corrected chi connectivity index (χ1v) is 13.2. The zero-order valence-electron chi connectivity index (χ0n) is 22.3. The molecule has 1 heterocycles. The van der Waals surface area contributed by atoms with Crippen molar-refractivity contribution >= 4 is 12.1 Å². The molecule has 0 amide bonds. The van der Waals surface area contributed by atoms with Crippen LogP contribution in [0, 0.1) is 11.7 Å². The molecule has 0 atom stereocenters. The molecular weight excluding hydrogens is 491 g/mol. The normalized spacial score (nSPS) is 13.4. The molecular formula is C30H37FO7. The van der Waals surface area contributed by atoms with Gasteiger partial charge in [-0.3, -0.25) is 0 Å². The van der Waals surface area contributed by atoms with Crippen LogP contribution >= 0.6 is 0 Å². The van der Waals surface area contributed by atoms with Gasteiger partial charge in [0.25, 0.3) is 0 Å².